The van der Waals surface area contributed by atoms with E-state index in [1.807, 2.05) is 0 Å². The van der Waals surface area contributed by atoms with Gasteiger partial charge in [0, 0.05) is 52.9 Å². The molecule has 4 rings (SSSR count). The van der Waals surface area contributed by atoms with Crippen molar-refractivity contribution < 1.29 is 24.2 Å². The third-order valence-electron chi connectivity index (χ3n) is 5.07. The average Bonchev–Trinajstić information content (AvgIpc) is 3.11. The van der Waals surface area contributed by atoms with Crippen molar-refractivity contribution in [1.29, 1.82) is 0 Å². The van der Waals surface area contributed by atoms with Gasteiger partial charge in [-0.25, -0.2) is 0 Å². The van der Waals surface area contributed by atoms with Crippen LogP contribution in [0.3, 0.4) is 0 Å². The van der Waals surface area contributed by atoms with Crippen molar-refractivity contribution >= 4 is 40.2 Å². The third kappa shape index (κ3) is 4.54. The molecule has 1 aliphatic heterocycles. The number of anilines is 3. The number of carbonyl (C=O) groups excluding carboxylic acids is 3. The monoisotopic (exact) mass is 443 g/mol. The van der Waals surface area contributed by atoms with Gasteiger partial charge in [-0.1, -0.05) is 12.1 Å². The van der Waals surface area contributed by atoms with E-state index in [9.17, 15) is 19.5 Å². The Balaban J connectivity index is 1.62. The van der Waals surface area contributed by atoms with Crippen LogP contribution in [0.5, 0.6) is 11.5 Å². The van der Waals surface area contributed by atoms with Crippen molar-refractivity contribution in [2.45, 2.75) is 6.92 Å². The highest BCUT2D eigenvalue weighted by Gasteiger charge is 2.25. The maximum absolute atomic E-state index is 13.1. The van der Waals surface area contributed by atoms with E-state index in [-0.39, 0.29) is 23.3 Å². The predicted octanol–water partition coefficient (Wildman–Crippen LogP) is 4.00. The summed E-state index contributed by atoms with van der Waals surface area (Å²) >= 11 is 0. The lowest BCUT2D eigenvalue weighted by molar-refractivity contribution is -0.114. The van der Waals surface area contributed by atoms with Crippen LogP contribution in [0.4, 0.5) is 17.1 Å². The number of ketones is 1. The van der Waals surface area contributed by atoms with Crippen LogP contribution in [0, 0.1) is 0 Å². The smallest absolute Gasteiger partial charge is 0.257 e. The fraction of sp³-hybridized carbons (Fsp3) is 0.0800. The molecule has 0 aliphatic carbocycles. The molecule has 4 N–H and O–H groups in total. The molecule has 0 saturated carbocycles. The molecule has 166 valence electrons. The highest BCUT2D eigenvalue weighted by atomic mass is 16.5. The Kier molecular flexibility index (Phi) is 5.82. The summed E-state index contributed by atoms with van der Waals surface area (Å²) in [5, 5.41) is 18.4. The van der Waals surface area contributed by atoms with Crippen molar-refractivity contribution in [3.63, 3.8) is 0 Å². The molecule has 3 aromatic rings. The molecule has 2 amide bonds. The van der Waals surface area contributed by atoms with Gasteiger partial charge in [0.2, 0.25) is 5.91 Å². The van der Waals surface area contributed by atoms with Crippen LogP contribution < -0.4 is 20.7 Å². The fourth-order valence-corrected chi connectivity index (χ4v) is 3.52. The zero-order chi connectivity index (χ0) is 23.5. The van der Waals surface area contributed by atoms with Gasteiger partial charge in [-0.3, -0.25) is 14.4 Å². The van der Waals surface area contributed by atoms with Gasteiger partial charge in [-0.15, -0.1) is 0 Å². The molecule has 33 heavy (non-hydrogen) atoms. The topological polar surface area (TPSA) is 117 Å². The van der Waals surface area contributed by atoms with E-state index in [0.717, 1.165) is 0 Å². The summed E-state index contributed by atoms with van der Waals surface area (Å²) in [7, 11) is 1.46. The van der Waals surface area contributed by atoms with Crippen LogP contribution in [0.15, 0.2) is 66.9 Å². The highest BCUT2D eigenvalue weighted by molar-refractivity contribution is 6.32. The van der Waals surface area contributed by atoms with E-state index in [1.165, 1.54) is 26.3 Å². The van der Waals surface area contributed by atoms with Gasteiger partial charge >= 0.3 is 0 Å². The molecule has 0 saturated heterocycles. The van der Waals surface area contributed by atoms with E-state index in [4.69, 9.17) is 4.74 Å². The quantitative estimate of drug-likeness (QED) is 0.338. The molecule has 0 atom stereocenters. The first-order chi connectivity index (χ1) is 15.9. The molecule has 0 spiro atoms. The number of phenolic OH excluding ortho intramolecular Hbond substituents is 1. The standard InChI is InChI=1S/C25H21N3O5/c1-14(29)27-18-5-3-4-15(10-18)24(31)16-6-8-21-19(11-16)20(25(32)28-21)13-26-17-7-9-23(33-2)22(30)12-17/h3-13,26,30H,1-2H3,(H,27,29)(H,28,32)/b20-13+. The van der Waals surface area contributed by atoms with E-state index in [1.54, 1.807) is 54.6 Å². The highest BCUT2D eigenvalue weighted by Crippen LogP contribution is 2.34. The summed E-state index contributed by atoms with van der Waals surface area (Å²) in [5.41, 5.74) is 3.42. The number of methoxy groups -OCH3 is 1. The lowest BCUT2D eigenvalue weighted by Gasteiger charge is -2.08. The summed E-state index contributed by atoms with van der Waals surface area (Å²) in [6, 6.07) is 16.4. The summed E-state index contributed by atoms with van der Waals surface area (Å²) < 4.78 is 5.03. The summed E-state index contributed by atoms with van der Waals surface area (Å²) in [6.07, 6.45) is 1.52. The van der Waals surface area contributed by atoms with Gasteiger partial charge in [-0.2, -0.15) is 0 Å². The van der Waals surface area contributed by atoms with Gasteiger partial charge in [0.1, 0.15) is 0 Å². The Labute approximate surface area is 189 Å². The Bertz CT molecular complexity index is 1310. The van der Waals surface area contributed by atoms with Crippen molar-refractivity contribution in [3.8, 4) is 11.5 Å². The van der Waals surface area contributed by atoms with Gasteiger partial charge in [-0.05, 0) is 42.5 Å². The Morgan fingerprint density at radius 2 is 1.79 bits per heavy atom. The number of fused-ring (bicyclic) bond motifs is 1. The Morgan fingerprint density at radius 1 is 1.00 bits per heavy atom. The van der Waals surface area contributed by atoms with Crippen LogP contribution in [-0.2, 0) is 9.59 Å². The normalized spacial score (nSPS) is 13.3. The zero-order valence-corrected chi connectivity index (χ0v) is 17.9. The van der Waals surface area contributed by atoms with Crippen LogP contribution in [0.2, 0.25) is 0 Å². The van der Waals surface area contributed by atoms with Crippen molar-refractivity contribution in [2.24, 2.45) is 0 Å². The number of carbonyl (C=O) groups is 3. The molecule has 0 unspecified atom stereocenters. The summed E-state index contributed by atoms with van der Waals surface area (Å²) in [5.74, 6) is -0.479. The number of amides is 2. The minimum Gasteiger partial charge on any atom is -0.504 e. The second kappa shape index (κ2) is 8.88. The van der Waals surface area contributed by atoms with E-state index in [0.29, 0.717) is 45.1 Å². The summed E-state index contributed by atoms with van der Waals surface area (Å²) in [4.78, 5) is 36.9. The second-order valence-electron chi connectivity index (χ2n) is 7.39. The Hall–Kier alpha value is -4.59. The molecule has 3 aromatic carbocycles. The number of benzene rings is 3. The van der Waals surface area contributed by atoms with Crippen LogP contribution in [-0.4, -0.2) is 29.8 Å². The minimum absolute atomic E-state index is 0.0356. The number of hydrogen-bond acceptors (Lipinski definition) is 6. The van der Waals surface area contributed by atoms with Crippen LogP contribution in [0.25, 0.3) is 5.57 Å². The van der Waals surface area contributed by atoms with Crippen molar-refractivity contribution in [2.75, 3.05) is 23.1 Å². The van der Waals surface area contributed by atoms with E-state index < -0.39 is 0 Å². The summed E-state index contributed by atoms with van der Waals surface area (Å²) in [6.45, 7) is 1.40. The molecule has 0 bridgehead atoms. The minimum atomic E-state index is -0.313. The third-order valence-corrected chi connectivity index (χ3v) is 5.07. The second-order valence-corrected chi connectivity index (χ2v) is 7.39. The predicted molar refractivity (Wildman–Crippen MR) is 126 cm³/mol. The van der Waals surface area contributed by atoms with E-state index in [2.05, 4.69) is 16.0 Å². The lowest BCUT2D eigenvalue weighted by Crippen LogP contribution is -2.07. The van der Waals surface area contributed by atoms with Gasteiger partial charge in [0.25, 0.3) is 5.91 Å². The van der Waals surface area contributed by atoms with Gasteiger partial charge in [0.15, 0.2) is 17.3 Å². The SMILES string of the molecule is COc1ccc(N/C=C2/C(=O)Nc3ccc(C(=O)c4cccc(NC(C)=O)c4)cc32)cc1O. The van der Waals surface area contributed by atoms with Gasteiger partial charge in [0.05, 0.1) is 12.7 Å². The first-order valence-electron chi connectivity index (χ1n) is 10.1. The molecular formula is C25H21N3O5. The first-order valence-corrected chi connectivity index (χ1v) is 10.1. The number of ether oxygens (including phenoxy) is 1. The van der Waals surface area contributed by atoms with E-state index >= 15 is 0 Å². The molecule has 0 aromatic heterocycles. The maximum Gasteiger partial charge on any atom is 0.257 e. The molecule has 1 aliphatic rings. The largest absolute Gasteiger partial charge is 0.504 e. The average molecular weight is 443 g/mol. The molecule has 0 fully saturated rings. The first kappa shape index (κ1) is 21.6. The zero-order valence-electron chi connectivity index (χ0n) is 17.9. The molecule has 8 nitrogen and oxygen atoms in total. The van der Waals surface area contributed by atoms with Crippen LogP contribution >= 0.6 is 0 Å². The maximum atomic E-state index is 13.1. The Morgan fingerprint density at radius 3 is 2.52 bits per heavy atom. The van der Waals surface area contributed by atoms with Gasteiger partial charge < -0.3 is 25.8 Å². The molecular weight excluding hydrogens is 422 g/mol. The van der Waals surface area contributed by atoms with Crippen molar-refractivity contribution in [3.05, 3.63) is 83.6 Å². The number of phenols is 1. The number of nitrogens with one attached hydrogen (secondary N) is 3. The van der Waals surface area contributed by atoms with Crippen molar-refractivity contribution in [1.82, 2.24) is 0 Å². The molecule has 1 heterocycles. The number of rotatable bonds is 6. The van der Waals surface area contributed by atoms with Crippen LogP contribution in [0.1, 0.15) is 28.4 Å². The lowest BCUT2D eigenvalue weighted by atomic mass is 9.98. The fourth-order valence-electron chi connectivity index (χ4n) is 3.52. The molecule has 8 heteroatoms. The number of hydrogen-bond donors (Lipinski definition) is 4. The number of aromatic hydroxyl groups is 1. The molecule has 0 radical (unpaired) electrons.